The van der Waals surface area contributed by atoms with Crippen molar-refractivity contribution >= 4 is 21.9 Å². The number of phenols is 1. The van der Waals surface area contributed by atoms with Crippen molar-refractivity contribution in [3.05, 3.63) is 144 Å². The van der Waals surface area contributed by atoms with E-state index in [0.717, 1.165) is 72.5 Å². The van der Waals surface area contributed by atoms with Crippen molar-refractivity contribution in [1.82, 2.24) is 14.5 Å². The molecule has 0 aliphatic carbocycles. The summed E-state index contributed by atoms with van der Waals surface area (Å²) in [7, 11) is 0. The predicted octanol–water partition coefficient (Wildman–Crippen LogP) is 11.3. The van der Waals surface area contributed by atoms with Crippen molar-refractivity contribution in [2.24, 2.45) is 0 Å². The third kappa shape index (κ3) is 6.31. The van der Waals surface area contributed by atoms with Crippen LogP contribution in [0.4, 0.5) is 0 Å². The van der Waals surface area contributed by atoms with Crippen LogP contribution in [0.1, 0.15) is 77.8 Å². The summed E-state index contributed by atoms with van der Waals surface area (Å²) in [4.78, 5) is 10.7. The van der Waals surface area contributed by atoms with E-state index in [1.807, 2.05) is 24.3 Å². The van der Waals surface area contributed by atoms with E-state index in [0.29, 0.717) is 0 Å². The Morgan fingerprint density at radius 1 is 0.620 bits per heavy atom. The number of nitrogens with zero attached hydrogens (tertiary/aromatic N) is 3. The second-order valence-electron chi connectivity index (χ2n) is 15.7. The van der Waals surface area contributed by atoms with E-state index in [2.05, 4.69) is 157 Å². The number of hydrogen-bond acceptors (Lipinski definition) is 3. The first-order chi connectivity index (χ1) is 23.2. The summed E-state index contributed by atoms with van der Waals surface area (Å²) in [6.45, 7) is 17.5. The minimum absolute atomic E-state index is 0. The normalized spacial score (nSPS) is 12.3. The van der Waals surface area contributed by atoms with Gasteiger partial charge >= 0.3 is 0 Å². The quantitative estimate of drug-likeness (QED) is 0.176. The molecule has 0 bridgehead atoms. The van der Waals surface area contributed by atoms with E-state index >= 15 is 0 Å². The van der Waals surface area contributed by atoms with Gasteiger partial charge in [0.05, 0.1) is 22.6 Å². The Bertz CT molecular complexity index is 2330. The van der Waals surface area contributed by atoms with Gasteiger partial charge in [0.2, 0.25) is 0 Å². The number of aromatic nitrogens is 3. The first-order valence-corrected chi connectivity index (χ1v) is 17.1. The molecule has 4 nitrogen and oxygen atoms in total. The number of para-hydroxylation sites is 1. The average molecular weight is 838 g/mol. The Labute approximate surface area is 310 Å². The van der Waals surface area contributed by atoms with Crippen molar-refractivity contribution < 1.29 is 26.2 Å². The molecule has 7 rings (SSSR count). The molecule has 4 aromatic carbocycles. The molecule has 50 heavy (non-hydrogen) atoms. The van der Waals surface area contributed by atoms with E-state index < -0.39 is 5.41 Å². The third-order valence-electron chi connectivity index (χ3n) is 9.74. The molecule has 0 unspecified atom stereocenters. The molecule has 7 aromatic rings. The Morgan fingerprint density at radius 2 is 1.32 bits per heavy atom. The van der Waals surface area contributed by atoms with Gasteiger partial charge in [-0.25, -0.2) is 4.98 Å². The number of rotatable bonds is 5. The minimum Gasteiger partial charge on any atom is -0.505 e. The van der Waals surface area contributed by atoms with Crippen LogP contribution < -0.4 is 0 Å². The second-order valence-corrected chi connectivity index (χ2v) is 15.7. The molecule has 0 aliphatic heterocycles. The van der Waals surface area contributed by atoms with Crippen LogP contribution >= 0.6 is 0 Å². The SMILES string of the molecule is CC(C)(C)c1cc(-n2c3ccccc3c3ccc(-c4cc(-c5ccccc5)cc(C(C)(C)c5[c-]cccc5)n4)nc32)c(O)c(C(C)(C)C)c1.[Pt]. The standard InChI is InChI=1S/C45H44N3O.Pt/c1-43(2,3)32-27-35(44(4,5)6)41(49)39(28-32)48-38-22-16-15-21-33(38)34-23-24-36(47-42(34)48)37-25-30(29-17-11-9-12-18-29)26-40(46-37)45(7,8)31-19-13-10-14-20-31;/h9-19,21-28,49H,1-8H3;/q-1;. The van der Waals surface area contributed by atoms with Gasteiger partial charge in [0.15, 0.2) is 0 Å². The van der Waals surface area contributed by atoms with Crippen LogP contribution in [-0.4, -0.2) is 19.6 Å². The summed E-state index contributed by atoms with van der Waals surface area (Å²) in [6, 6.07) is 43.2. The van der Waals surface area contributed by atoms with Gasteiger partial charge in [-0.15, -0.1) is 0 Å². The molecule has 0 radical (unpaired) electrons. The Hall–Kier alpha value is -4.53. The number of pyridine rings is 2. The summed E-state index contributed by atoms with van der Waals surface area (Å²) in [5, 5.41) is 14.1. The number of hydrogen-bond donors (Lipinski definition) is 1. The smallest absolute Gasteiger partial charge is 0.146 e. The van der Waals surface area contributed by atoms with Crippen LogP contribution in [0.5, 0.6) is 5.75 Å². The van der Waals surface area contributed by atoms with Crippen molar-refractivity contribution in [3.8, 4) is 34.0 Å². The van der Waals surface area contributed by atoms with E-state index in [4.69, 9.17) is 9.97 Å². The number of aromatic hydroxyl groups is 1. The maximum atomic E-state index is 12.0. The van der Waals surface area contributed by atoms with Gasteiger partial charge in [-0.2, -0.15) is 35.9 Å². The summed E-state index contributed by atoms with van der Waals surface area (Å²) >= 11 is 0. The molecule has 3 heterocycles. The molecule has 0 saturated heterocycles. The maximum Gasteiger partial charge on any atom is 0.146 e. The van der Waals surface area contributed by atoms with E-state index in [-0.39, 0.29) is 37.6 Å². The van der Waals surface area contributed by atoms with E-state index in [9.17, 15) is 5.11 Å². The molecule has 0 spiro atoms. The first kappa shape index (κ1) is 35.3. The van der Waals surface area contributed by atoms with E-state index in [1.54, 1.807) is 0 Å². The Balaban J connectivity index is 0.00000432. The van der Waals surface area contributed by atoms with Gasteiger partial charge in [-0.1, -0.05) is 110 Å². The van der Waals surface area contributed by atoms with Gasteiger partial charge < -0.3 is 5.11 Å². The molecule has 0 saturated carbocycles. The van der Waals surface area contributed by atoms with Crippen LogP contribution in [0.15, 0.2) is 115 Å². The van der Waals surface area contributed by atoms with Crippen LogP contribution in [0.3, 0.4) is 0 Å². The number of benzene rings is 4. The maximum absolute atomic E-state index is 12.0. The zero-order valence-electron chi connectivity index (χ0n) is 30.1. The summed E-state index contributed by atoms with van der Waals surface area (Å²) in [6.07, 6.45) is 0. The average Bonchev–Trinajstić information content (AvgIpc) is 3.41. The first-order valence-electron chi connectivity index (χ1n) is 17.1. The molecule has 0 atom stereocenters. The number of fused-ring (bicyclic) bond motifs is 3. The van der Waals surface area contributed by atoms with Crippen LogP contribution in [0.25, 0.3) is 50.1 Å². The summed E-state index contributed by atoms with van der Waals surface area (Å²) in [5.41, 5.74) is 9.58. The van der Waals surface area contributed by atoms with Gasteiger partial charge in [-0.3, -0.25) is 9.55 Å². The molecular formula is C45H44N3OPt-. The Kier molecular flexibility index (Phi) is 9.16. The third-order valence-corrected chi connectivity index (χ3v) is 9.74. The van der Waals surface area contributed by atoms with E-state index in [1.165, 1.54) is 0 Å². The summed E-state index contributed by atoms with van der Waals surface area (Å²) in [5.74, 6) is 0.280. The minimum atomic E-state index is -0.400. The van der Waals surface area contributed by atoms with Gasteiger partial charge in [0.1, 0.15) is 11.4 Å². The molecule has 0 amide bonds. The fraction of sp³-hybridized carbons (Fsp3) is 0.244. The van der Waals surface area contributed by atoms with Gasteiger partial charge in [0, 0.05) is 48.5 Å². The molecular weight excluding hydrogens is 794 g/mol. The van der Waals surface area contributed by atoms with Gasteiger partial charge in [-0.05, 0) is 63.9 Å². The molecule has 0 aliphatic rings. The molecule has 3 aromatic heterocycles. The zero-order valence-corrected chi connectivity index (χ0v) is 32.3. The topological polar surface area (TPSA) is 50.9 Å². The fourth-order valence-electron chi connectivity index (χ4n) is 6.72. The monoisotopic (exact) mass is 837 g/mol. The second kappa shape index (κ2) is 13.0. The molecule has 5 heteroatoms. The molecule has 0 fully saturated rings. The van der Waals surface area contributed by atoms with Crippen molar-refractivity contribution in [1.29, 1.82) is 0 Å². The number of phenolic OH excluding ortho intramolecular Hbond substituents is 1. The van der Waals surface area contributed by atoms with Crippen molar-refractivity contribution in [3.63, 3.8) is 0 Å². The predicted molar refractivity (Wildman–Crippen MR) is 204 cm³/mol. The van der Waals surface area contributed by atoms with Gasteiger partial charge in [0.25, 0.3) is 0 Å². The molecule has 256 valence electrons. The zero-order chi connectivity index (χ0) is 34.7. The van der Waals surface area contributed by atoms with Crippen LogP contribution in [-0.2, 0) is 37.3 Å². The largest absolute Gasteiger partial charge is 0.505 e. The van der Waals surface area contributed by atoms with Crippen LogP contribution in [0.2, 0.25) is 0 Å². The Morgan fingerprint density at radius 3 is 2.00 bits per heavy atom. The molecule has 1 N–H and O–H groups in total. The van der Waals surface area contributed by atoms with Crippen molar-refractivity contribution in [2.75, 3.05) is 0 Å². The summed E-state index contributed by atoms with van der Waals surface area (Å²) < 4.78 is 2.14. The fourth-order valence-corrected chi connectivity index (χ4v) is 6.72. The van der Waals surface area contributed by atoms with Crippen molar-refractivity contribution in [2.45, 2.75) is 71.6 Å². The van der Waals surface area contributed by atoms with Crippen LogP contribution in [0, 0.1) is 6.07 Å².